The van der Waals surface area contributed by atoms with Crippen LogP contribution in [0.5, 0.6) is 0 Å². The lowest BCUT2D eigenvalue weighted by Gasteiger charge is -2.05. The van der Waals surface area contributed by atoms with E-state index < -0.39 is 0 Å². The Morgan fingerprint density at radius 1 is 1.18 bits per heavy atom. The van der Waals surface area contributed by atoms with E-state index in [1.165, 1.54) is 0 Å². The maximum Gasteiger partial charge on any atom is 0.130 e. The number of rotatable bonds is 3. The number of nitrogens with zero attached hydrogens (tertiary/aromatic N) is 2. The Bertz CT molecular complexity index is 523. The summed E-state index contributed by atoms with van der Waals surface area (Å²) in [6.07, 6.45) is 2.03. The highest BCUT2D eigenvalue weighted by Crippen LogP contribution is 2.16. The highest BCUT2D eigenvalue weighted by atomic mass is 15.0. The Labute approximate surface area is 99.7 Å². The van der Waals surface area contributed by atoms with Gasteiger partial charge < -0.3 is 11.1 Å². The number of hydrogen-bond acceptors (Lipinski definition) is 4. The summed E-state index contributed by atoms with van der Waals surface area (Å²) in [5.41, 5.74) is 8.13. The standard InChI is InChI=1S/C13H12N4/c14-8-7-10-1-4-12(5-2-10)17-13-6-3-11(15)9-16-13/h1-6,9H,7,15H2,(H,16,17). The van der Waals surface area contributed by atoms with Crippen LogP contribution in [0.25, 0.3) is 0 Å². The van der Waals surface area contributed by atoms with E-state index in [9.17, 15) is 0 Å². The quantitative estimate of drug-likeness (QED) is 0.839. The molecule has 1 heterocycles. The van der Waals surface area contributed by atoms with Gasteiger partial charge in [0.2, 0.25) is 0 Å². The van der Waals surface area contributed by atoms with Crippen molar-refractivity contribution in [2.45, 2.75) is 6.42 Å². The molecule has 3 N–H and O–H groups in total. The average molecular weight is 224 g/mol. The smallest absolute Gasteiger partial charge is 0.130 e. The van der Waals surface area contributed by atoms with Gasteiger partial charge >= 0.3 is 0 Å². The second kappa shape index (κ2) is 4.99. The Kier molecular flexibility index (Phi) is 3.22. The third kappa shape index (κ3) is 2.95. The van der Waals surface area contributed by atoms with Crippen molar-refractivity contribution in [1.29, 1.82) is 5.26 Å². The minimum atomic E-state index is 0.431. The van der Waals surface area contributed by atoms with Crippen molar-refractivity contribution in [3.63, 3.8) is 0 Å². The van der Waals surface area contributed by atoms with E-state index in [4.69, 9.17) is 11.0 Å². The summed E-state index contributed by atoms with van der Waals surface area (Å²) in [7, 11) is 0. The average Bonchev–Trinajstić information content (AvgIpc) is 2.35. The van der Waals surface area contributed by atoms with E-state index in [0.717, 1.165) is 17.1 Å². The van der Waals surface area contributed by atoms with Crippen LogP contribution in [0, 0.1) is 11.3 Å². The zero-order chi connectivity index (χ0) is 12.1. The van der Waals surface area contributed by atoms with Crippen LogP contribution in [-0.4, -0.2) is 4.98 Å². The number of aromatic nitrogens is 1. The molecular formula is C13H12N4. The monoisotopic (exact) mass is 224 g/mol. The summed E-state index contributed by atoms with van der Waals surface area (Å²) in [6.45, 7) is 0. The summed E-state index contributed by atoms with van der Waals surface area (Å²) < 4.78 is 0. The summed E-state index contributed by atoms with van der Waals surface area (Å²) in [6, 6.07) is 13.4. The molecule has 0 atom stereocenters. The van der Waals surface area contributed by atoms with Gasteiger partial charge in [-0.3, -0.25) is 0 Å². The van der Waals surface area contributed by atoms with Crippen molar-refractivity contribution in [3.8, 4) is 6.07 Å². The number of hydrogen-bond donors (Lipinski definition) is 2. The Morgan fingerprint density at radius 3 is 2.53 bits per heavy atom. The normalized spacial score (nSPS) is 9.59. The van der Waals surface area contributed by atoms with Crippen molar-refractivity contribution in [1.82, 2.24) is 4.98 Å². The molecule has 0 unspecified atom stereocenters. The van der Waals surface area contributed by atoms with Gasteiger partial charge in [-0.1, -0.05) is 12.1 Å². The van der Waals surface area contributed by atoms with E-state index >= 15 is 0 Å². The number of pyridine rings is 1. The summed E-state index contributed by atoms with van der Waals surface area (Å²) in [5.74, 6) is 0.743. The fraction of sp³-hybridized carbons (Fsp3) is 0.0769. The van der Waals surface area contributed by atoms with Crippen molar-refractivity contribution in [3.05, 3.63) is 48.2 Å². The van der Waals surface area contributed by atoms with E-state index in [2.05, 4.69) is 16.4 Å². The molecule has 0 aliphatic rings. The summed E-state index contributed by atoms with van der Waals surface area (Å²) in [4.78, 5) is 4.14. The summed E-state index contributed by atoms with van der Waals surface area (Å²) in [5, 5.41) is 11.7. The van der Waals surface area contributed by atoms with E-state index in [-0.39, 0.29) is 0 Å². The molecule has 0 aliphatic heterocycles. The zero-order valence-electron chi connectivity index (χ0n) is 9.22. The third-order valence-corrected chi connectivity index (χ3v) is 2.30. The van der Waals surface area contributed by atoms with Gasteiger partial charge in [-0.25, -0.2) is 4.98 Å². The largest absolute Gasteiger partial charge is 0.397 e. The molecule has 2 aromatic rings. The number of nitrogens with two attached hydrogens (primary N) is 1. The fourth-order valence-electron chi connectivity index (χ4n) is 1.42. The first kappa shape index (κ1) is 11.0. The first-order valence-corrected chi connectivity index (χ1v) is 5.22. The molecule has 0 aliphatic carbocycles. The highest BCUT2D eigenvalue weighted by Gasteiger charge is 1.96. The van der Waals surface area contributed by atoms with Gasteiger partial charge in [0.05, 0.1) is 24.4 Å². The SMILES string of the molecule is N#CCc1ccc(Nc2ccc(N)cn2)cc1. The van der Waals surface area contributed by atoms with Gasteiger partial charge in [0.15, 0.2) is 0 Å². The van der Waals surface area contributed by atoms with Crippen LogP contribution < -0.4 is 11.1 Å². The fourth-order valence-corrected chi connectivity index (χ4v) is 1.42. The molecule has 2 rings (SSSR count). The van der Waals surface area contributed by atoms with Crippen molar-refractivity contribution in [2.24, 2.45) is 0 Å². The van der Waals surface area contributed by atoms with Gasteiger partial charge in [0.1, 0.15) is 5.82 Å². The molecule has 0 bridgehead atoms. The van der Waals surface area contributed by atoms with Crippen molar-refractivity contribution in [2.75, 3.05) is 11.1 Å². The molecule has 0 saturated carbocycles. The van der Waals surface area contributed by atoms with Crippen LogP contribution in [0.15, 0.2) is 42.6 Å². The van der Waals surface area contributed by atoms with E-state index in [0.29, 0.717) is 12.1 Å². The minimum absolute atomic E-state index is 0.431. The topological polar surface area (TPSA) is 74.7 Å². The lowest BCUT2D eigenvalue weighted by Crippen LogP contribution is -1.94. The number of anilines is 3. The number of nitrogens with one attached hydrogen (secondary N) is 1. The molecule has 0 fully saturated rings. The lowest BCUT2D eigenvalue weighted by atomic mass is 10.1. The van der Waals surface area contributed by atoms with Crippen LogP contribution in [0.2, 0.25) is 0 Å². The predicted molar refractivity (Wildman–Crippen MR) is 67.7 cm³/mol. The van der Waals surface area contributed by atoms with Crippen LogP contribution in [-0.2, 0) is 6.42 Å². The predicted octanol–water partition coefficient (Wildman–Crippen LogP) is 2.47. The lowest BCUT2D eigenvalue weighted by molar-refractivity contribution is 1.26. The molecule has 84 valence electrons. The molecule has 0 spiro atoms. The molecule has 1 aromatic carbocycles. The Balaban J connectivity index is 2.09. The Morgan fingerprint density at radius 2 is 1.94 bits per heavy atom. The maximum absolute atomic E-state index is 8.56. The molecule has 0 saturated heterocycles. The molecule has 4 heteroatoms. The number of benzene rings is 1. The van der Waals surface area contributed by atoms with Crippen LogP contribution in [0.3, 0.4) is 0 Å². The molecular weight excluding hydrogens is 212 g/mol. The summed E-state index contributed by atoms with van der Waals surface area (Å²) >= 11 is 0. The highest BCUT2D eigenvalue weighted by molar-refractivity contribution is 5.57. The van der Waals surface area contributed by atoms with Crippen molar-refractivity contribution < 1.29 is 0 Å². The van der Waals surface area contributed by atoms with Gasteiger partial charge in [0.25, 0.3) is 0 Å². The number of nitriles is 1. The Hall–Kier alpha value is -2.54. The second-order valence-electron chi connectivity index (χ2n) is 3.63. The number of nitrogen functional groups attached to an aromatic ring is 1. The molecule has 1 aromatic heterocycles. The van der Waals surface area contributed by atoms with E-state index in [1.54, 1.807) is 12.3 Å². The zero-order valence-corrected chi connectivity index (χ0v) is 9.22. The van der Waals surface area contributed by atoms with Crippen LogP contribution >= 0.6 is 0 Å². The molecule has 17 heavy (non-hydrogen) atoms. The first-order valence-electron chi connectivity index (χ1n) is 5.22. The third-order valence-electron chi connectivity index (χ3n) is 2.30. The first-order chi connectivity index (χ1) is 8.28. The second-order valence-corrected chi connectivity index (χ2v) is 3.63. The molecule has 0 amide bonds. The van der Waals surface area contributed by atoms with Gasteiger partial charge in [0, 0.05) is 5.69 Å². The van der Waals surface area contributed by atoms with Gasteiger partial charge in [-0.15, -0.1) is 0 Å². The van der Waals surface area contributed by atoms with Gasteiger partial charge in [-0.05, 0) is 29.8 Å². The molecule has 0 radical (unpaired) electrons. The van der Waals surface area contributed by atoms with E-state index in [1.807, 2.05) is 30.3 Å². The minimum Gasteiger partial charge on any atom is -0.397 e. The molecule has 4 nitrogen and oxygen atoms in total. The van der Waals surface area contributed by atoms with Crippen LogP contribution in [0.4, 0.5) is 17.2 Å². The van der Waals surface area contributed by atoms with Crippen molar-refractivity contribution >= 4 is 17.2 Å². The van der Waals surface area contributed by atoms with Crippen LogP contribution in [0.1, 0.15) is 5.56 Å². The maximum atomic E-state index is 8.56. The van der Waals surface area contributed by atoms with Gasteiger partial charge in [-0.2, -0.15) is 5.26 Å².